The molecule has 0 aliphatic rings. The van der Waals surface area contributed by atoms with Gasteiger partial charge in [0, 0.05) is 18.0 Å². The topological polar surface area (TPSA) is 63.6 Å². The summed E-state index contributed by atoms with van der Waals surface area (Å²) in [5, 5.41) is 3.85. The van der Waals surface area contributed by atoms with E-state index in [1.165, 1.54) is 11.8 Å². The van der Waals surface area contributed by atoms with Crippen LogP contribution < -0.4 is 10.2 Å². The molecule has 2 rings (SSSR count). The zero-order chi connectivity index (χ0) is 15.8. The standard InChI is InChI=1S/C16H16BrN3O2/c1-2-12-5-6-15(14(17)8-12)22-11-16(21)20-19-10-13-4-3-7-18-9-13/h3-10H,2,11H2,1H3,(H,20,21). The fourth-order valence-electron chi connectivity index (χ4n) is 1.69. The molecule has 0 spiro atoms. The summed E-state index contributed by atoms with van der Waals surface area (Å²) in [7, 11) is 0. The van der Waals surface area contributed by atoms with Gasteiger partial charge in [0.1, 0.15) is 5.75 Å². The third-order valence-electron chi connectivity index (χ3n) is 2.85. The molecule has 2 aromatic rings. The van der Waals surface area contributed by atoms with Crippen LogP contribution in [0.3, 0.4) is 0 Å². The monoisotopic (exact) mass is 361 g/mol. The number of pyridine rings is 1. The number of benzene rings is 1. The molecule has 1 heterocycles. The molecule has 0 bridgehead atoms. The van der Waals surface area contributed by atoms with Crippen LogP contribution in [0.15, 0.2) is 52.3 Å². The summed E-state index contributed by atoms with van der Waals surface area (Å²) in [6, 6.07) is 9.43. The number of carbonyl (C=O) groups is 1. The smallest absolute Gasteiger partial charge is 0.277 e. The zero-order valence-corrected chi connectivity index (χ0v) is 13.7. The van der Waals surface area contributed by atoms with Crippen LogP contribution in [0.2, 0.25) is 0 Å². The first-order valence-electron chi connectivity index (χ1n) is 6.82. The molecule has 5 nitrogen and oxygen atoms in total. The maximum atomic E-state index is 11.7. The number of halogens is 1. The SMILES string of the molecule is CCc1ccc(OCC(=O)NN=Cc2cccnc2)c(Br)c1. The number of nitrogens with zero attached hydrogens (tertiary/aromatic N) is 2. The van der Waals surface area contributed by atoms with E-state index >= 15 is 0 Å². The summed E-state index contributed by atoms with van der Waals surface area (Å²) in [6.45, 7) is 1.98. The van der Waals surface area contributed by atoms with E-state index in [4.69, 9.17) is 4.74 Å². The molecule has 1 N–H and O–H groups in total. The average molecular weight is 362 g/mol. The molecule has 6 heteroatoms. The van der Waals surface area contributed by atoms with Gasteiger partial charge in [-0.1, -0.05) is 19.1 Å². The van der Waals surface area contributed by atoms with Crippen LogP contribution in [0.25, 0.3) is 0 Å². The first-order chi connectivity index (χ1) is 10.7. The highest BCUT2D eigenvalue weighted by Gasteiger charge is 2.05. The average Bonchev–Trinajstić information content (AvgIpc) is 2.54. The number of nitrogens with one attached hydrogen (secondary N) is 1. The molecule has 0 fully saturated rings. The van der Waals surface area contributed by atoms with Gasteiger partial charge >= 0.3 is 0 Å². The van der Waals surface area contributed by atoms with Gasteiger partial charge in [0.15, 0.2) is 6.61 Å². The largest absolute Gasteiger partial charge is 0.483 e. The molecule has 0 radical (unpaired) electrons. The Morgan fingerprint density at radius 1 is 1.45 bits per heavy atom. The van der Waals surface area contributed by atoms with Crippen molar-refractivity contribution in [1.82, 2.24) is 10.4 Å². The van der Waals surface area contributed by atoms with Gasteiger partial charge in [-0.2, -0.15) is 5.10 Å². The number of hydrogen-bond acceptors (Lipinski definition) is 4. The van der Waals surface area contributed by atoms with Crippen molar-refractivity contribution in [3.05, 3.63) is 58.3 Å². The van der Waals surface area contributed by atoms with Crippen molar-refractivity contribution < 1.29 is 9.53 Å². The van der Waals surface area contributed by atoms with Gasteiger partial charge in [-0.25, -0.2) is 5.43 Å². The van der Waals surface area contributed by atoms with Crippen molar-refractivity contribution in [1.29, 1.82) is 0 Å². The molecule has 0 unspecified atom stereocenters. The van der Waals surface area contributed by atoms with E-state index in [1.807, 2.05) is 24.3 Å². The van der Waals surface area contributed by atoms with E-state index in [2.05, 4.69) is 38.4 Å². The number of carbonyl (C=O) groups excluding carboxylic acids is 1. The molecule has 1 amide bonds. The van der Waals surface area contributed by atoms with E-state index in [0.29, 0.717) is 5.75 Å². The van der Waals surface area contributed by atoms with Crippen LogP contribution in [0.4, 0.5) is 0 Å². The Labute approximate surface area is 137 Å². The Bertz CT molecular complexity index is 660. The lowest BCUT2D eigenvalue weighted by Crippen LogP contribution is -2.24. The summed E-state index contributed by atoms with van der Waals surface area (Å²) in [5.74, 6) is 0.301. The Balaban J connectivity index is 1.82. The van der Waals surface area contributed by atoms with Gasteiger partial charge < -0.3 is 4.74 Å². The number of ether oxygens (including phenoxy) is 1. The van der Waals surface area contributed by atoms with Crippen molar-refractivity contribution >= 4 is 28.1 Å². The van der Waals surface area contributed by atoms with Gasteiger partial charge in [0.05, 0.1) is 10.7 Å². The van der Waals surface area contributed by atoms with Gasteiger partial charge in [-0.3, -0.25) is 9.78 Å². The van der Waals surface area contributed by atoms with Crippen molar-refractivity contribution in [2.45, 2.75) is 13.3 Å². The highest BCUT2D eigenvalue weighted by molar-refractivity contribution is 9.10. The van der Waals surface area contributed by atoms with Gasteiger partial charge in [-0.05, 0) is 46.1 Å². The van der Waals surface area contributed by atoms with Gasteiger partial charge in [0.2, 0.25) is 0 Å². The first-order valence-corrected chi connectivity index (χ1v) is 7.61. The van der Waals surface area contributed by atoms with Crippen LogP contribution >= 0.6 is 15.9 Å². The molecule has 0 saturated heterocycles. The van der Waals surface area contributed by atoms with Crippen molar-refractivity contribution in [3.8, 4) is 5.75 Å². The molecule has 0 atom stereocenters. The Morgan fingerprint density at radius 2 is 2.32 bits per heavy atom. The van der Waals surface area contributed by atoms with E-state index in [1.54, 1.807) is 18.5 Å². The molecule has 114 valence electrons. The lowest BCUT2D eigenvalue weighted by molar-refractivity contribution is -0.123. The summed E-state index contributed by atoms with van der Waals surface area (Å²) < 4.78 is 6.29. The second kappa shape index (κ2) is 8.29. The quantitative estimate of drug-likeness (QED) is 0.635. The molecular weight excluding hydrogens is 346 g/mol. The summed E-state index contributed by atoms with van der Waals surface area (Å²) in [6.07, 6.45) is 5.79. The normalized spacial score (nSPS) is 10.6. The molecule has 0 aliphatic heterocycles. The lowest BCUT2D eigenvalue weighted by atomic mass is 10.2. The third kappa shape index (κ3) is 4.96. The van der Waals surface area contributed by atoms with E-state index in [9.17, 15) is 4.79 Å². The Hall–Kier alpha value is -2.21. The number of hydrazone groups is 1. The van der Waals surface area contributed by atoms with Gasteiger partial charge in [-0.15, -0.1) is 0 Å². The Kier molecular flexibility index (Phi) is 6.09. The second-order valence-corrected chi connectivity index (χ2v) is 5.34. The zero-order valence-electron chi connectivity index (χ0n) is 12.1. The number of rotatable bonds is 6. The highest BCUT2D eigenvalue weighted by Crippen LogP contribution is 2.26. The van der Waals surface area contributed by atoms with E-state index < -0.39 is 0 Å². The van der Waals surface area contributed by atoms with Crippen LogP contribution in [0.1, 0.15) is 18.1 Å². The highest BCUT2D eigenvalue weighted by atomic mass is 79.9. The maximum absolute atomic E-state index is 11.7. The molecule has 1 aromatic carbocycles. The Morgan fingerprint density at radius 3 is 3.00 bits per heavy atom. The lowest BCUT2D eigenvalue weighted by Gasteiger charge is -2.08. The molecule has 22 heavy (non-hydrogen) atoms. The number of aryl methyl sites for hydroxylation is 1. The summed E-state index contributed by atoms with van der Waals surface area (Å²) in [5.41, 5.74) is 4.41. The van der Waals surface area contributed by atoms with Crippen LogP contribution in [-0.4, -0.2) is 23.7 Å². The van der Waals surface area contributed by atoms with E-state index in [-0.39, 0.29) is 12.5 Å². The van der Waals surface area contributed by atoms with Crippen LogP contribution in [0, 0.1) is 0 Å². The molecule has 0 aliphatic carbocycles. The predicted octanol–water partition coefficient (Wildman–Crippen LogP) is 2.94. The number of aromatic nitrogens is 1. The summed E-state index contributed by atoms with van der Waals surface area (Å²) in [4.78, 5) is 15.6. The third-order valence-corrected chi connectivity index (χ3v) is 3.47. The van der Waals surface area contributed by atoms with Crippen LogP contribution in [0.5, 0.6) is 5.75 Å². The second-order valence-electron chi connectivity index (χ2n) is 4.49. The van der Waals surface area contributed by atoms with Crippen molar-refractivity contribution in [2.24, 2.45) is 5.10 Å². The van der Waals surface area contributed by atoms with Crippen molar-refractivity contribution in [2.75, 3.05) is 6.61 Å². The summed E-state index contributed by atoms with van der Waals surface area (Å²) >= 11 is 3.43. The maximum Gasteiger partial charge on any atom is 0.277 e. The predicted molar refractivity (Wildman–Crippen MR) is 89.0 cm³/mol. The minimum atomic E-state index is -0.327. The molecule has 0 saturated carbocycles. The van der Waals surface area contributed by atoms with E-state index in [0.717, 1.165) is 16.5 Å². The molecular formula is C16H16BrN3O2. The fourth-order valence-corrected chi connectivity index (χ4v) is 2.23. The van der Waals surface area contributed by atoms with Crippen LogP contribution in [-0.2, 0) is 11.2 Å². The number of amides is 1. The molecule has 1 aromatic heterocycles. The van der Waals surface area contributed by atoms with Crippen molar-refractivity contribution in [3.63, 3.8) is 0 Å². The number of hydrogen-bond donors (Lipinski definition) is 1. The fraction of sp³-hybridized carbons (Fsp3) is 0.188. The van der Waals surface area contributed by atoms with Gasteiger partial charge in [0.25, 0.3) is 5.91 Å². The minimum Gasteiger partial charge on any atom is -0.483 e. The minimum absolute atomic E-state index is 0.103. The first kappa shape index (κ1) is 16.2.